The number of ether oxygens (including phenoxy) is 4. The largest absolute Gasteiger partial charge is 0.481 e. The van der Waals surface area contributed by atoms with Gasteiger partial charge in [0.15, 0.2) is 11.5 Å². The van der Waals surface area contributed by atoms with E-state index in [1.165, 1.54) is 4.90 Å². The average Bonchev–Trinajstić information content (AvgIpc) is 3.12. The molecule has 1 heterocycles. The molecule has 10 nitrogen and oxygen atoms in total. The number of aliphatic carboxylic acids is 1. The van der Waals surface area contributed by atoms with Gasteiger partial charge in [0, 0.05) is 19.5 Å². The van der Waals surface area contributed by atoms with Crippen LogP contribution in [0, 0.1) is 0 Å². The van der Waals surface area contributed by atoms with Gasteiger partial charge in [-0.25, -0.2) is 4.79 Å². The Labute approximate surface area is 162 Å². The van der Waals surface area contributed by atoms with E-state index in [1.807, 2.05) is 25.1 Å². The first-order valence-electron chi connectivity index (χ1n) is 8.70. The molecular formula is C18H24N2O8. The van der Waals surface area contributed by atoms with Crippen molar-refractivity contribution in [2.75, 3.05) is 20.6 Å². The van der Waals surface area contributed by atoms with Crippen molar-refractivity contribution in [1.82, 2.24) is 4.90 Å². The Kier molecular flexibility index (Phi) is 7.44. The third-order valence-corrected chi connectivity index (χ3v) is 4.27. The van der Waals surface area contributed by atoms with E-state index in [9.17, 15) is 14.4 Å². The van der Waals surface area contributed by atoms with Gasteiger partial charge >= 0.3 is 18.0 Å². The molecule has 0 radical (unpaired) electrons. The summed E-state index contributed by atoms with van der Waals surface area (Å²) in [6.07, 6.45) is -0.424. The lowest BCUT2D eigenvalue weighted by Crippen LogP contribution is -2.38. The number of carboxylic acid groups (broad SMARTS) is 1. The summed E-state index contributed by atoms with van der Waals surface area (Å²) in [6.45, 7) is 1.44. The lowest BCUT2D eigenvalue weighted by molar-refractivity contribution is -0.154. The molecule has 0 aromatic heterocycles. The molecule has 0 bridgehead atoms. The van der Waals surface area contributed by atoms with E-state index in [-0.39, 0.29) is 25.7 Å². The zero-order chi connectivity index (χ0) is 20.7. The second-order valence-corrected chi connectivity index (χ2v) is 6.38. The number of carbonyl (C=O) groups is 3. The molecule has 2 unspecified atom stereocenters. The molecule has 0 aliphatic carbocycles. The molecule has 2 atom stereocenters. The van der Waals surface area contributed by atoms with E-state index in [0.29, 0.717) is 17.9 Å². The van der Waals surface area contributed by atoms with E-state index in [1.54, 1.807) is 7.05 Å². The second kappa shape index (κ2) is 9.79. The summed E-state index contributed by atoms with van der Waals surface area (Å²) in [5.74, 6) is -0.536. The minimum absolute atomic E-state index is 0.0609. The summed E-state index contributed by atoms with van der Waals surface area (Å²) in [5.41, 5.74) is 6.47. The van der Waals surface area contributed by atoms with Crippen molar-refractivity contribution in [3.8, 4) is 11.5 Å². The normalized spacial score (nSPS) is 14.1. The van der Waals surface area contributed by atoms with Crippen LogP contribution in [0.2, 0.25) is 0 Å². The van der Waals surface area contributed by atoms with Gasteiger partial charge in [0.2, 0.25) is 13.6 Å². The minimum atomic E-state index is -1.09. The highest BCUT2D eigenvalue weighted by Gasteiger charge is 2.21. The van der Waals surface area contributed by atoms with Crippen LogP contribution >= 0.6 is 0 Å². The molecule has 0 spiro atoms. The number of nitrogens with two attached hydrogens (primary N) is 1. The fourth-order valence-corrected chi connectivity index (χ4v) is 2.47. The number of hydrogen-bond acceptors (Lipinski definition) is 8. The monoisotopic (exact) mass is 396 g/mol. The number of likely N-dealkylation sites (N-methyl/N-ethyl adjacent to an activating group) is 1. The summed E-state index contributed by atoms with van der Waals surface area (Å²) >= 11 is 0. The third kappa shape index (κ3) is 6.02. The first kappa shape index (κ1) is 21.3. The van der Waals surface area contributed by atoms with Gasteiger partial charge in [0.25, 0.3) is 0 Å². The van der Waals surface area contributed by atoms with Crippen molar-refractivity contribution in [1.29, 1.82) is 0 Å². The van der Waals surface area contributed by atoms with Crippen LogP contribution in [-0.2, 0) is 25.5 Å². The third-order valence-electron chi connectivity index (χ3n) is 4.27. The van der Waals surface area contributed by atoms with Crippen molar-refractivity contribution in [2.24, 2.45) is 5.73 Å². The van der Waals surface area contributed by atoms with Crippen LogP contribution in [0.15, 0.2) is 18.2 Å². The van der Waals surface area contributed by atoms with Crippen molar-refractivity contribution >= 4 is 18.0 Å². The molecule has 1 aliphatic rings. The highest BCUT2D eigenvalue weighted by molar-refractivity contribution is 5.76. The van der Waals surface area contributed by atoms with Crippen LogP contribution in [0.4, 0.5) is 4.79 Å². The zero-order valence-electron chi connectivity index (χ0n) is 15.8. The number of rotatable bonds is 9. The summed E-state index contributed by atoms with van der Waals surface area (Å²) in [6, 6.07) is 4.29. The first-order valence-corrected chi connectivity index (χ1v) is 8.70. The lowest BCUT2D eigenvalue weighted by atomic mass is 10.1. The van der Waals surface area contributed by atoms with E-state index < -0.39 is 30.9 Å². The summed E-state index contributed by atoms with van der Waals surface area (Å²) in [4.78, 5) is 35.5. The maximum Gasteiger partial charge on any atom is 0.412 e. The van der Waals surface area contributed by atoms with Gasteiger partial charge in [-0.05, 0) is 37.5 Å². The highest BCUT2D eigenvalue weighted by atomic mass is 16.7. The fourth-order valence-electron chi connectivity index (χ4n) is 2.47. The summed E-state index contributed by atoms with van der Waals surface area (Å²) < 4.78 is 20.3. The van der Waals surface area contributed by atoms with Crippen molar-refractivity contribution in [3.05, 3.63) is 23.8 Å². The molecule has 0 saturated carbocycles. The topological polar surface area (TPSA) is 138 Å². The van der Waals surface area contributed by atoms with Crippen molar-refractivity contribution in [3.63, 3.8) is 0 Å². The molecule has 2 rings (SSSR count). The predicted molar refractivity (Wildman–Crippen MR) is 95.8 cm³/mol. The molecule has 3 N–H and O–H groups in total. The SMILES string of the molecule is CC(Cc1ccc2c(c1)OCO2)N(C)C(=O)OCOC(=O)C(N)CCC(=O)O. The quantitative estimate of drug-likeness (QED) is 0.464. The summed E-state index contributed by atoms with van der Waals surface area (Å²) in [7, 11) is 1.57. The van der Waals surface area contributed by atoms with Gasteiger partial charge in [-0.15, -0.1) is 0 Å². The molecule has 154 valence electrons. The van der Waals surface area contributed by atoms with E-state index in [0.717, 1.165) is 5.56 Å². The van der Waals surface area contributed by atoms with Gasteiger partial charge in [-0.3, -0.25) is 9.59 Å². The lowest BCUT2D eigenvalue weighted by Gasteiger charge is -2.24. The second-order valence-electron chi connectivity index (χ2n) is 6.38. The average molecular weight is 396 g/mol. The molecule has 1 amide bonds. The van der Waals surface area contributed by atoms with Crippen LogP contribution in [-0.4, -0.2) is 60.8 Å². The maximum absolute atomic E-state index is 12.1. The Bertz CT molecular complexity index is 724. The van der Waals surface area contributed by atoms with Gasteiger partial charge in [-0.1, -0.05) is 6.07 Å². The van der Waals surface area contributed by atoms with Crippen LogP contribution in [0.5, 0.6) is 11.5 Å². The van der Waals surface area contributed by atoms with E-state index >= 15 is 0 Å². The first-order chi connectivity index (χ1) is 13.3. The molecule has 1 aliphatic heterocycles. The van der Waals surface area contributed by atoms with Crippen LogP contribution in [0.1, 0.15) is 25.3 Å². The number of esters is 1. The smallest absolute Gasteiger partial charge is 0.412 e. The van der Waals surface area contributed by atoms with Gasteiger partial charge < -0.3 is 34.7 Å². The van der Waals surface area contributed by atoms with E-state index in [2.05, 4.69) is 0 Å². The summed E-state index contributed by atoms with van der Waals surface area (Å²) in [5, 5.41) is 8.56. The van der Waals surface area contributed by atoms with Crippen molar-refractivity contribution < 1.29 is 38.4 Å². The number of amides is 1. The van der Waals surface area contributed by atoms with Gasteiger partial charge in [0.05, 0.1) is 0 Å². The van der Waals surface area contributed by atoms with Gasteiger partial charge in [-0.2, -0.15) is 0 Å². The van der Waals surface area contributed by atoms with Crippen molar-refractivity contribution in [2.45, 2.75) is 38.3 Å². The van der Waals surface area contributed by atoms with Crippen LogP contribution in [0.3, 0.4) is 0 Å². The zero-order valence-corrected chi connectivity index (χ0v) is 15.8. The highest BCUT2D eigenvalue weighted by Crippen LogP contribution is 2.32. The van der Waals surface area contributed by atoms with Crippen LogP contribution in [0.25, 0.3) is 0 Å². The number of nitrogens with zero attached hydrogens (tertiary/aromatic N) is 1. The Balaban J connectivity index is 1.74. The standard InChI is InChI=1S/C18H24N2O8/c1-11(7-12-3-5-14-15(8-12)26-9-25-14)20(2)18(24)28-10-27-17(23)13(19)4-6-16(21)22/h3,5,8,11,13H,4,6-7,9-10,19H2,1-2H3,(H,21,22). The molecule has 10 heteroatoms. The maximum atomic E-state index is 12.1. The Morgan fingerprint density at radius 1 is 1.25 bits per heavy atom. The predicted octanol–water partition coefficient (Wildman–Crippen LogP) is 1.11. The minimum Gasteiger partial charge on any atom is -0.481 e. The number of carbonyl (C=O) groups excluding carboxylic acids is 2. The molecule has 0 fully saturated rings. The number of fused-ring (bicyclic) bond motifs is 1. The van der Waals surface area contributed by atoms with Gasteiger partial charge in [0.1, 0.15) is 6.04 Å². The number of carboxylic acids is 1. The number of hydrogen-bond donors (Lipinski definition) is 2. The van der Waals surface area contributed by atoms with E-state index in [4.69, 9.17) is 29.8 Å². The molecule has 28 heavy (non-hydrogen) atoms. The Morgan fingerprint density at radius 3 is 2.68 bits per heavy atom. The molecule has 1 aromatic carbocycles. The molecular weight excluding hydrogens is 372 g/mol. The Hall–Kier alpha value is -3.01. The molecule has 0 saturated heterocycles. The Morgan fingerprint density at radius 2 is 1.96 bits per heavy atom. The fraction of sp³-hybridized carbons (Fsp3) is 0.500. The molecule has 1 aromatic rings. The number of benzene rings is 1. The van der Waals surface area contributed by atoms with Crippen LogP contribution < -0.4 is 15.2 Å².